The molecule has 5 heteroatoms. The van der Waals surface area contributed by atoms with Crippen LogP contribution in [-0.2, 0) is 0 Å². The molecule has 94 valence electrons. The molecule has 2 N–H and O–H groups in total. The molecule has 0 aliphatic carbocycles. The summed E-state index contributed by atoms with van der Waals surface area (Å²) in [6.07, 6.45) is 1.09. The maximum atomic E-state index is 13.7. The van der Waals surface area contributed by atoms with Crippen LogP contribution >= 0.6 is 0 Å². The number of nitrogens with two attached hydrogens (primary N) is 1. The molecular formula is C13H13FN2O2. The molecule has 2 aromatic rings. The summed E-state index contributed by atoms with van der Waals surface area (Å²) in [5.41, 5.74) is 6.52. The molecule has 0 saturated carbocycles. The van der Waals surface area contributed by atoms with Gasteiger partial charge in [-0.05, 0) is 18.2 Å². The summed E-state index contributed by atoms with van der Waals surface area (Å²) >= 11 is 0. The summed E-state index contributed by atoms with van der Waals surface area (Å²) in [5.74, 6) is 0.953. The number of benzene rings is 1. The summed E-state index contributed by atoms with van der Waals surface area (Å²) in [7, 11) is 3.07. The predicted octanol–water partition coefficient (Wildman–Crippen LogP) is 2.49. The highest BCUT2D eigenvalue weighted by molar-refractivity contribution is 5.73. The third kappa shape index (κ3) is 2.20. The monoisotopic (exact) mass is 248 g/mol. The molecule has 1 aromatic carbocycles. The first kappa shape index (κ1) is 12.2. The van der Waals surface area contributed by atoms with Crippen LogP contribution in [0.15, 0.2) is 30.5 Å². The minimum absolute atomic E-state index is 0.254. The molecule has 2 rings (SSSR count). The molecule has 0 aliphatic rings. The van der Waals surface area contributed by atoms with Crippen molar-refractivity contribution in [2.24, 2.45) is 0 Å². The van der Waals surface area contributed by atoms with E-state index in [9.17, 15) is 4.39 Å². The number of rotatable bonds is 3. The van der Waals surface area contributed by atoms with Gasteiger partial charge in [0.25, 0.3) is 0 Å². The first-order chi connectivity index (χ1) is 8.65. The highest BCUT2D eigenvalue weighted by atomic mass is 19.1. The summed E-state index contributed by atoms with van der Waals surface area (Å²) in [5, 5.41) is 0. The third-order valence-corrected chi connectivity index (χ3v) is 2.58. The van der Waals surface area contributed by atoms with E-state index in [1.165, 1.54) is 13.2 Å². The average molecular weight is 248 g/mol. The van der Waals surface area contributed by atoms with Crippen LogP contribution in [0.1, 0.15) is 0 Å². The minimum Gasteiger partial charge on any atom is -0.497 e. The van der Waals surface area contributed by atoms with Crippen LogP contribution in [0.5, 0.6) is 11.5 Å². The zero-order chi connectivity index (χ0) is 13.1. The molecule has 0 radical (unpaired) electrons. The fourth-order valence-electron chi connectivity index (χ4n) is 1.68. The molecule has 0 aliphatic heterocycles. The topological polar surface area (TPSA) is 57.4 Å². The van der Waals surface area contributed by atoms with Gasteiger partial charge < -0.3 is 15.2 Å². The molecule has 1 heterocycles. The smallest absolute Gasteiger partial charge is 0.149 e. The lowest BCUT2D eigenvalue weighted by Gasteiger charge is -2.11. The Balaban J connectivity index is 2.59. The van der Waals surface area contributed by atoms with Crippen LogP contribution in [0.4, 0.5) is 10.2 Å². The number of methoxy groups -OCH3 is 2. The van der Waals surface area contributed by atoms with Gasteiger partial charge in [0.15, 0.2) is 0 Å². The van der Waals surface area contributed by atoms with Crippen molar-refractivity contribution in [3.05, 3.63) is 36.3 Å². The summed E-state index contributed by atoms with van der Waals surface area (Å²) < 4.78 is 24.1. The highest BCUT2D eigenvalue weighted by Gasteiger charge is 2.12. The van der Waals surface area contributed by atoms with Gasteiger partial charge in [-0.3, -0.25) is 0 Å². The van der Waals surface area contributed by atoms with E-state index in [4.69, 9.17) is 15.2 Å². The number of pyridine rings is 1. The van der Waals surface area contributed by atoms with Gasteiger partial charge in [0.2, 0.25) is 0 Å². The molecule has 0 atom stereocenters. The molecule has 0 unspecified atom stereocenters. The molecule has 0 amide bonds. The summed E-state index contributed by atoms with van der Waals surface area (Å²) in [6.45, 7) is 0. The Bertz CT molecular complexity index is 573. The Morgan fingerprint density at radius 2 is 1.89 bits per heavy atom. The number of hydrogen-bond acceptors (Lipinski definition) is 4. The van der Waals surface area contributed by atoms with Gasteiger partial charge in [0.1, 0.15) is 23.1 Å². The summed E-state index contributed by atoms with van der Waals surface area (Å²) in [4.78, 5) is 3.69. The maximum absolute atomic E-state index is 13.7. The van der Waals surface area contributed by atoms with Gasteiger partial charge in [-0.25, -0.2) is 9.37 Å². The number of ether oxygens (including phenoxy) is 2. The second-order valence-corrected chi connectivity index (χ2v) is 3.66. The van der Waals surface area contributed by atoms with E-state index in [2.05, 4.69) is 4.98 Å². The van der Waals surface area contributed by atoms with Crippen molar-refractivity contribution in [2.75, 3.05) is 20.0 Å². The van der Waals surface area contributed by atoms with Gasteiger partial charge in [-0.2, -0.15) is 0 Å². The molecule has 0 bridgehead atoms. The van der Waals surface area contributed by atoms with Crippen molar-refractivity contribution in [3.63, 3.8) is 0 Å². The van der Waals surface area contributed by atoms with E-state index in [-0.39, 0.29) is 5.82 Å². The Hall–Kier alpha value is -2.30. The third-order valence-electron chi connectivity index (χ3n) is 2.58. The lowest BCUT2D eigenvalue weighted by molar-refractivity contribution is 0.395. The van der Waals surface area contributed by atoms with Crippen molar-refractivity contribution in [1.29, 1.82) is 0 Å². The lowest BCUT2D eigenvalue weighted by atomic mass is 10.0. The highest BCUT2D eigenvalue weighted by Crippen LogP contribution is 2.34. The van der Waals surface area contributed by atoms with Crippen LogP contribution in [0.25, 0.3) is 11.1 Å². The second kappa shape index (κ2) is 4.91. The van der Waals surface area contributed by atoms with Gasteiger partial charge in [-0.15, -0.1) is 0 Å². The molecule has 0 spiro atoms. The Kier molecular flexibility index (Phi) is 3.32. The van der Waals surface area contributed by atoms with E-state index in [1.807, 2.05) is 0 Å². The molecule has 0 fully saturated rings. The minimum atomic E-state index is -0.451. The van der Waals surface area contributed by atoms with Crippen LogP contribution in [0.2, 0.25) is 0 Å². The van der Waals surface area contributed by atoms with Crippen molar-refractivity contribution in [1.82, 2.24) is 4.98 Å². The van der Waals surface area contributed by atoms with Crippen molar-refractivity contribution < 1.29 is 13.9 Å². The maximum Gasteiger partial charge on any atom is 0.149 e. The van der Waals surface area contributed by atoms with E-state index in [1.54, 1.807) is 25.3 Å². The quantitative estimate of drug-likeness (QED) is 0.906. The predicted molar refractivity (Wildman–Crippen MR) is 67.1 cm³/mol. The van der Waals surface area contributed by atoms with E-state index in [0.29, 0.717) is 22.6 Å². The standard InChI is InChI=1S/C13H13FN2O2/c1-17-8-3-4-9(12(5-8)18-2)10-6-13(15)16-7-11(10)14/h3-7H,1-2H3,(H2,15,16). The molecule has 0 saturated heterocycles. The zero-order valence-corrected chi connectivity index (χ0v) is 10.1. The van der Waals surface area contributed by atoms with Crippen molar-refractivity contribution in [2.45, 2.75) is 0 Å². The fourth-order valence-corrected chi connectivity index (χ4v) is 1.68. The fraction of sp³-hybridized carbons (Fsp3) is 0.154. The van der Waals surface area contributed by atoms with Crippen molar-refractivity contribution >= 4 is 5.82 Å². The SMILES string of the molecule is COc1ccc(-c2cc(N)ncc2F)c(OC)c1. The number of halogens is 1. The van der Waals surface area contributed by atoms with Crippen LogP contribution in [0, 0.1) is 5.82 Å². The number of nitrogens with zero attached hydrogens (tertiary/aromatic N) is 1. The molecule has 18 heavy (non-hydrogen) atoms. The van der Waals surface area contributed by atoms with Crippen LogP contribution < -0.4 is 15.2 Å². The van der Waals surface area contributed by atoms with E-state index >= 15 is 0 Å². The molecular weight excluding hydrogens is 235 g/mol. The first-order valence-corrected chi connectivity index (χ1v) is 5.29. The lowest BCUT2D eigenvalue weighted by Crippen LogP contribution is -1.96. The Morgan fingerprint density at radius 3 is 2.56 bits per heavy atom. The summed E-state index contributed by atoms with van der Waals surface area (Å²) in [6, 6.07) is 6.61. The van der Waals surface area contributed by atoms with Gasteiger partial charge in [0, 0.05) is 17.2 Å². The number of aromatic nitrogens is 1. The van der Waals surface area contributed by atoms with Gasteiger partial charge >= 0.3 is 0 Å². The number of hydrogen-bond donors (Lipinski definition) is 1. The zero-order valence-electron chi connectivity index (χ0n) is 10.1. The largest absolute Gasteiger partial charge is 0.497 e. The van der Waals surface area contributed by atoms with E-state index in [0.717, 1.165) is 6.20 Å². The normalized spacial score (nSPS) is 10.2. The van der Waals surface area contributed by atoms with E-state index < -0.39 is 5.82 Å². The van der Waals surface area contributed by atoms with Crippen LogP contribution in [0.3, 0.4) is 0 Å². The van der Waals surface area contributed by atoms with Crippen molar-refractivity contribution in [3.8, 4) is 22.6 Å². The molecule has 1 aromatic heterocycles. The average Bonchev–Trinajstić information content (AvgIpc) is 2.41. The number of anilines is 1. The van der Waals surface area contributed by atoms with Gasteiger partial charge in [-0.1, -0.05) is 0 Å². The van der Waals surface area contributed by atoms with Gasteiger partial charge in [0.05, 0.1) is 20.4 Å². The second-order valence-electron chi connectivity index (χ2n) is 3.66. The Labute approximate surface area is 104 Å². The van der Waals surface area contributed by atoms with Crippen LogP contribution in [-0.4, -0.2) is 19.2 Å². The first-order valence-electron chi connectivity index (χ1n) is 5.29. The number of nitrogen functional groups attached to an aromatic ring is 1. The Morgan fingerprint density at radius 1 is 1.11 bits per heavy atom. The molecule has 4 nitrogen and oxygen atoms in total.